The van der Waals surface area contributed by atoms with Crippen molar-refractivity contribution in [1.82, 2.24) is 0 Å². The first-order valence-electron chi connectivity index (χ1n) is 8.23. The molecule has 20 heavy (non-hydrogen) atoms. The predicted molar refractivity (Wildman–Crippen MR) is 85.6 cm³/mol. The average molecular weight is 278 g/mol. The Kier molecular flexibility index (Phi) is 8.93. The molecule has 114 valence electrons. The monoisotopic (exact) mass is 278 g/mol. The van der Waals surface area contributed by atoms with Crippen LogP contribution in [0.1, 0.15) is 70.8 Å². The van der Waals surface area contributed by atoms with Gasteiger partial charge in [0.2, 0.25) is 0 Å². The molecule has 0 amide bonds. The topological polar surface area (TPSA) is 29.5 Å². The van der Waals surface area contributed by atoms with E-state index < -0.39 is 0 Å². The molecule has 0 saturated heterocycles. The van der Waals surface area contributed by atoms with Crippen molar-refractivity contribution in [3.63, 3.8) is 0 Å². The molecule has 0 fully saturated rings. The van der Waals surface area contributed by atoms with E-state index in [2.05, 4.69) is 13.8 Å². The van der Waals surface area contributed by atoms with E-state index in [1.807, 2.05) is 12.1 Å². The summed E-state index contributed by atoms with van der Waals surface area (Å²) in [5, 5.41) is 9.94. The molecule has 0 heterocycles. The smallest absolute Gasteiger partial charge is 0.126 e. The van der Waals surface area contributed by atoms with Crippen LogP contribution >= 0.6 is 0 Å². The lowest BCUT2D eigenvalue weighted by Crippen LogP contribution is -2.01. The van der Waals surface area contributed by atoms with Gasteiger partial charge in [-0.1, -0.05) is 58.4 Å². The number of unbranched alkanes of at least 4 members (excludes halogenated alkanes) is 6. The van der Waals surface area contributed by atoms with Crippen LogP contribution in [-0.2, 0) is 6.42 Å². The van der Waals surface area contributed by atoms with Crippen molar-refractivity contribution >= 4 is 0 Å². The second-order valence-electron chi connectivity index (χ2n) is 5.47. The van der Waals surface area contributed by atoms with Crippen LogP contribution in [0.15, 0.2) is 18.2 Å². The maximum atomic E-state index is 9.94. The molecule has 1 rings (SSSR count). The Morgan fingerprint density at radius 2 is 1.60 bits per heavy atom. The molecule has 1 aromatic rings. The average Bonchev–Trinajstić information content (AvgIpc) is 2.45. The summed E-state index contributed by atoms with van der Waals surface area (Å²) in [7, 11) is 0. The fraction of sp³-hybridized carbons (Fsp3) is 0.667. The van der Waals surface area contributed by atoms with E-state index in [9.17, 15) is 5.11 Å². The van der Waals surface area contributed by atoms with Gasteiger partial charge in [0.15, 0.2) is 0 Å². The molecule has 0 bridgehead atoms. The SMILES string of the molecule is CCCCCCCCOc1cccc(O)c1CCCC. The zero-order chi connectivity index (χ0) is 14.6. The van der Waals surface area contributed by atoms with E-state index in [0.29, 0.717) is 5.75 Å². The third-order valence-electron chi connectivity index (χ3n) is 3.64. The fourth-order valence-electron chi connectivity index (χ4n) is 2.36. The molecule has 2 nitrogen and oxygen atoms in total. The van der Waals surface area contributed by atoms with Gasteiger partial charge in [0.25, 0.3) is 0 Å². The second-order valence-corrected chi connectivity index (χ2v) is 5.47. The molecule has 0 spiro atoms. The van der Waals surface area contributed by atoms with Gasteiger partial charge in [-0.3, -0.25) is 0 Å². The minimum Gasteiger partial charge on any atom is -0.508 e. The van der Waals surface area contributed by atoms with Gasteiger partial charge in [-0.25, -0.2) is 0 Å². The molecule has 0 atom stereocenters. The molecule has 0 aliphatic carbocycles. The van der Waals surface area contributed by atoms with Gasteiger partial charge in [-0.15, -0.1) is 0 Å². The number of phenolic OH excluding ortho intramolecular Hbond substituents is 1. The fourth-order valence-corrected chi connectivity index (χ4v) is 2.36. The molecule has 1 aromatic carbocycles. The van der Waals surface area contributed by atoms with Gasteiger partial charge in [0.05, 0.1) is 6.61 Å². The Morgan fingerprint density at radius 1 is 0.900 bits per heavy atom. The first kappa shape index (κ1) is 16.9. The van der Waals surface area contributed by atoms with Gasteiger partial charge in [-0.2, -0.15) is 0 Å². The largest absolute Gasteiger partial charge is 0.508 e. The van der Waals surface area contributed by atoms with E-state index in [1.165, 1.54) is 32.1 Å². The number of hydrogen-bond donors (Lipinski definition) is 1. The zero-order valence-electron chi connectivity index (χ0n) is 13.2. The zero-order valence-corrected chi connectivity index (χ0v) is 13.2. The minimum atomic E-state index is 0.374. The van der Waals surface area contributed by atoms with Crippen molar-refractivity contribution in [3.8, 4) is 11.5 Å². The van der Waals surface area contributed by atoms with Crippen molar-refractivity contribution in [2.24, 2.45) is 0 Å². The molecular weight excluding hydrogens is 248 g/mol. The Balaban J connectivity index is 2.33. The van der Waals surface area contributed by atoms with Crippen molar-refractivity contribution in [2.45, 2.75) is 71.6 Å². The van der Waals surface area contributed by atoms with Crippen LogP contribution in [0.2, 0.25) is 0 Å². The molecule has 0 radical (unpaired) electrons. The highest BCUT2D eigenvalue weighted by Gasteiger charge is 2.08. The Morgan fingerprint density at radius 3 is 2.35 bits per heavy atom. The van der Waals surface area contributed by atoms with Crippen molar-refractivity contribution in [2.75, 3.05) is 6.61 Å². The van der Waals surface area contributed by atoms with Gasteiger partial charge < -0.3 is 9.84 Å². The van der Waals surface area contributed by atoms with E-state index in [0.717, 1.165) is 43.6 Å². The van der Waals surface area contributed by atoms with Crippen LogP contribution in [0.4, 0.5) is 0 Å². The van der Waals surface area contributed by atoms with Gasteiger partial charge in [0, 0.05) is 5.56 Å². The number of aromatic hydroxyl groups is 1. The highest BCUT2D eigenvalue weighted by atomic mass is 16.5. The van der Waals surface area contributed by atoms with Gasteiger partial charge in [0.1, 0.15) is 11.5 Å². The quantitative estimate of drug-likeness (QED) is 0.543. The third kappa shape index (κ3) is 6.31. The normalized spacial score (nSPS) is 10.7. The van der Waals surface area contributed by atoms with Crippen LogP contribution < -0.4 is 4.74 Å². The summed E-state index contributed by atoms with van der Waals surface area (Å²) >= 11 is 0. The van der Waals surface area contributed by atoms with Crippen molar-refractivity contribution in [1.29, 1.82) is 0 Å². The van der Waals surface area contributed by atoms with E-state index in [1.54, 1.807) is 6.07 Å². The number of phenols is 1. The van der Waals surface area contributed by atoms with Crippen LogP contribution in [-0.4, -0.2) is 11.7 Å². The number of rotatable bonds is 11. The molecule has 0 saturated carbocycles. The van der Waals surface area contributed by atoms with Crippen LogP contribution in [0, 0.1) is 0 Å². The number of ether oxygens (including phenoxy) is 1. The Bertz CT molecular complexity index is 360. The number of hydrogen-bond acceptors (Lipinski definition) is 2. The van der Waals surface area contributed by atoms with Crippen LogP contribution in [0.3, 0.4) is 0 Å². The summed E-state index contributed by atoms with van der Waals surface area (Å²) in [6.07, 6.45) is 10.7. The standard InChI is InChI=1S/C18H30O2/c1-3-5-7-8-9-10-15-20-18-14-11-13-17(19)16(18)12-6-4-2/h11,13-14,19H,3-10,12,15H2,1-2H3. The molecule has 0 aliphatic heterocycles. The summed E-state index contributed by atoms with van der Waals surface area (Å²) < 4.78 is 5.86. The van der Waals surface area contributed by atoms with Gasteiger partial charge in [-0.05, 0) is 31.4 Å². The van der Waals surface area contributed by atoms with Gasteiger partial charge >= 0.3 is 0 Å². The summed E-state index contributed by atoms with van der Waals surface area (Å²) in [4.78, 5) is 0. The lowest BCUT2D eigenvalue weighted by atomic mass is 10.1. The summed E-state index contributed by atoms with van der Waals surface area (Å²) in [5.41, 5.74) is 0.973. The minimum absolute atomic E-state index is 0.374. The third-order valence-corrected chi connectivity index (χ3v) is 3.64. The lowest BCUT2D eigenvalue weighted by Gasteiger charge is -2.12. The molecule has 1 N–H and O–H groups in total. The highest BCUT2D eigenvalue weighted by Crippen LogP contribution is 2.29. The summed E-state index contributed by atoms with van der Waals surface area (Å²) in [6.45, 7) is 5.16. The first-order chi connectivity index (χ1) is 9.79. The summed E-state index contributed by atoms with van der Waals surface area (Å²) in [6, 6.07) is 5.59. The van der Waals surface area contributed by atoms with E-state index >= 15 is 0 Å². The lowest BCUT2D eigenvalue weighted by molar-refractivity contribution is 0.299. The van der Waals surface area contributed by atoms with E-state index in [-0.39, 0.29) is 0 Å². The van der Waals surface area contributed by atoms with Crippen molar-refractivity contribution in [3.05, 3.63) is 23.8 Å². The molecule has 2 heteroatoms. The van der Waals surface area contributed by atoms with Crippen molar-refractivity contribution < 1.29 is 9.84 Å². The second kappa shape index (κ2) is 10.6. The predicted octanol–water partition coefficient (Wildman–Crippen LogP) is 5.47. The van der Waals surface area contributed by atoms with Crippen LogP contribution in [0.5, 0.6) is 11.5 Å². The molecular formula is C18H30O2. The maximum absolute atomic E-state index is 9.94. The molecule has 0 aromatic heterocycles. The number of benzene rings is 1. The Labute approximate surface area is 124 Å². The molecule has 0 unspecified atom stereocenters. The van der Waals surface area contributed by atoms with E-state index in [4.69, 9.17) is 4.74 Å². The summed E-state index contributed by atoms with van der Waals surface area (Å²) in [5.74, 6) is 1.24. The molecule has 0 aliphatic rings. The maximum Gasteiger partial charge on any atom is 0.126 e. The highest BCUT2D eigenvalue weighted by molar-refractivity contribution is 5.43. The first-order valence-corrected chi connectivity index (χ1v) is 8.23. The Hall–Kier alpha value is -1.18. The van der Waals surface area contributed by atoms with Crippen LogP contribution in [0.25, 0.3) is 0 Å².